The van der Waals surface area contributed by atoms with Crippen LogP contribution in [0, 0.1) is 0 Å². The highest BCUT2D eigenvalue weighted by molar-refractivity contribution is 8.00. The van der Waals surface area contributed by atoms with E-state index in [9.17, 15) is 9.59 Å². The summed E-state index contributed by atoms with van der Waals surface area (Å²) in [6.07, 6.45) is 7.40. The summed E-state index contributed by atoms with van der Waals surface area (Å²) < 4.78 is 1.82. The van der Waals surface area contributed by atoms with Gasteiger partial charge in [-0.15, -0.1) is 11.3 Å². The average Bonchev–Trinajstić information content (AvgIpc) is 3.41. The molecule has 1 amide bonds. The topological polar surface area (TPSA) is 67.2 Å². The zero-order valence-electron chi connectivity index (χ0n) is 17.5. The van der Waals surface area contributed by atoms with Crippen LogP contribution in [-0.2, 0) is 24.2 Å². The summed E-state index contributed by atoms with van der Waals surface area (Å²) in [6.45, 7) is 3.44. The Bertz CT molecular complexity index is 962. The van der Waals surface area contributed by atoms with E-state index in [0.29, 0.717) is 17.7 Å². The van der Waals surface area contributed by atoms with Gasteiger partial charge in [-0.1, -0.05) is 11.8 Å². The molecule has 2 aromatic heterocycles. The first-order valence-corrected chi connectivity index (χ1v) is 12.3. The molecule has 0 aromatic carbocycles. The smallest absolute Gasteiger partial charge is 0.263 e. The molecular weight excluding hydrogens is 404 g/mol. The molecule has 1 fully saturated rings. The standard InChI is InChI=1S/C21H30N4O2S2/c1-13(18(26)22-14-9-10-14)28-21-23-19-17(15-7-4-5-8-16(15)29-19)20(27)25(21)12-6-11-24(2)3/h13-14H,4-12H2,1-3H3,(H,22,26). The Kier molecular flexibility index (Phi) is 6.32. The highest BCUT2D eigenvalue weighted by Crippen LogP contribution is 2.35. The van der Waals surface area contributed by atoms with Gasteiger partial charge in [0.1, 0.15) is 4.83 Å². The van der Waals surface area contributed by atoms with E-state index in [1.807, 2.05) is 25.6 Å². The first kappa shape index (κ1) is 20.9. The lowest BCUT2D eigenvalue weighted by molar-refractivity contribution is -0.120. The van der Waals surface area contributed by atoms with Gasteiger partial charge >= 0.3 is 0 Å². The highest BCUT2D eigenvalue weighted by atomic mass is 32.2. The van der Waals surface area contributed by atoms with E-state index in [-0.39, 0.29) is 16.7 Å². The number of nitrogens with one attached hydrogen (secondary N) is 1. The summed E-state index contributed by atoms with van der Waals surface area (Å²) in [6, 6.07) is 0.340. The third-order valence-corrected chi connectivity index (χ3v) is 7.88. The van der Waals surface area contributed by atoms with Gasteiger partial charge in [-0.3, -0.25) is 14.2 Å². The lowest BCUT2D eigenvalue weighted by Crippen LogP contribution is -2.33. The third-order valence-electron chi connectivity index (χ3n) is 5.60. The highest BCUT2D eigenvalue weighted by Gasteiger charge is 2.28. The van der Waals surface area contributed by atoms with Crippen molar-refractivity contribution in [3.05, 3.63) is 20.8 Å². The molecule has 1 unspecified atom stereocenters. The van der Waals surface area contributed by atoms with Crippen LogP contribution < -0.4 is 10.9 Å². The number of carbonyl (C=O) groups excluding carboxylic acids is 1. The Hall–Kier alpha value is -1.38. The number of aromatic nitrogens is 2. The molecule has 1 saturated carbocycles. The molecule has 2 heterocycles. The largest absolute Gasteiger partial charge is 0.352 e. The van der Waals surface area contributed by atoms with Crippen LogP contribution >= 0.6 is 23.1 Å². The summed E-state index contributed by atoms with van der Waals surface area (Å²) in [5.74, 6) is 0.0390. The molecule has 8 heteroatoms. The normalized spacial score (nSPS) is 17.5. The molecule has 2 aliphatic rings. The van der Waals surface area contributed by atoms with Crippen molar-refractivity contribution in [2.75, 3.05) is 20.6 Å². The minimum atomic E-state index is -0.269. The Morgan fingerprint density at radius 2 is 2.10 bits per heavy atom. The van der Waals surface area contributed by atoms with Crippen LogP contribution in [-0.4, -0.2) is 52.3 Å². The van der Waals surface area contributed by atoms with Crippen molar-refractivity contribution in [1.29, 1.82) is 0 Å². The summed E-state index contributed by atoms with van der Waals surface area (Å²) in [7, 11) is 4.08. The first-order chi connectivity index (χ1) is 13.9. The Morgan fingerprint density at radius 3 is 2.83 bits per heavy atom. The van der Waals surface area contributed by atoms with Gasteiger partial charge in [0, 0.05) is 17.5 Å². The van der Waals surface area contributed by atoms with Crippen molar-refractivity contribution >= 4 is 39.2 Å². The predicted molar refractivity (Wildman–Crippen MR) is 120 cm³/mol. The molecular formula is C21H30N4O2S2. The zero-order chi connectivity index (χ0) is 20.5. The van der Waals surface area contributed by atoms with Crippen LogP contribution in [0.4, 0.5) is 0 Å². The van der Waals surface area contributed by atoms with Crippen molar-refractivity contribution in [3.63, 3.8) is 0 Å². The second-order valence-corrected chi connectivity index (χ2v) is 10.8. The number of carbonyl (C=O) groups is 1. The minimum Gasteiger partial charge on any atom is -0.352 e. The number of aryl methyl sites for hydroxylation is 2. The van der Waals surface area contributed by atoms with Gasteiger partial charge in [-0.05, 0) is 78.1 Å². The molecule has 0 saturated heterocycles. The summed E-state index contributed by atoms with van der Waals surface area (Å²) in [4.78, 5) is 35.2. The van der Waals surface area contributed by atoms with Gasteiger partial charge in [0.05, 0.1) is 10.6 Å². The van der Waals surface area contributed by atoms with Crippen molar-refractivity contribution < 1.29 is 4.79 Å². The number of rotatable bonds is 8. The number of hydrogen-bond acceptors (Lipinski definition) is 6. The maximum absolute atomic E-state index is 13.5. The SMILES string of the molecule is CC(Sc1nc2sc3c(c2c(=O)n1CCCN(C)C)CCCC3)C(=O)NC1CC1. The van der Waals surface area contributed by atoms with Gasteiger partial charge in [0.25, 0.3) is 5.56 Å². The van der Waals surface area contributed by atoms with E-state index in [1.165, 1.54) is 28.6 Å². The minimum absolute atomic E-state index is 0.0390. The molecule has 0 bridgehead atoms. The van der Waals surface area contributed by atoms with Crippen LogP contribution in [0.5, 0.6) is 0 Å². The number of nitrogens with zero attached hydrogens (tertiary/aromatic N) is 3. The van der Waals surface area contributed by atoms with Gasteiger partial charge in [0.2, 0.25) is 5.91 Å². The molecule has 2 aliphatic carbocycles. The lowest BCUT2D eigenvalue weighted by Gasteiger charge is -2.17. The Labute approximate surface area is 180 Å². The molecule has 4 rings (SSSR count). The summed E-state index contributed by atoms with van der Waals surface area (Å²) >= 11 is 3.09. The molecule has 0 aliphatic heterocycles. The molecule has 0 spiro atoms. The fraction of sp³-hybridized carbons (Fsp3) is 0.667. The Morgan fingerprint density at radius 1 is 1.34 bits per heavy atom. The molecule has 1 atom stereocenters. The summed E-state index contributed by atoms with van der Waals surface area (Å²) in [5, 5.41) is 4.30. The number of thiophene rings is 1. The van der Waals surface area contributed by atoms with Crippen LogP contribution in [0.25, 0.3) is 10.2 Å². The number of hydrogen-bond donors (Lipinski definition) is 1. The second-order valence-electron chi connectivity index (χ2n) is 8.44. The fourth-order valence-electron chi connectivity index (χ4n) is 3.81. The molecule has 6 nitrogen and oxygen atoms in total. The molecule has 0 radical (unpaired) electrons. The van der Waals surface area contributed by atoms with Crippen LogP contribution in [0.2, 0.25) is 0 Å². The zero-order valence-corrected chi connectivity index (χ0v) is 19.1. The monoisotopic (exact) mass is 434 g/mol. The van der Waals surface area contributed by atoms with E-state index in [2.05, 4.69) is 10.2 Å². The van der Waals surface area contributed by atoms with Gasteiger partial charge in [0.15, 0.2) is 5.16 Å². The lowest BCUT2D eigenvalue weighted by atomic mass is 9.97. The van der Waals surface area contributed by atoms with Crippen LogP contribution in [0.3, 0.4) is 0 Å². The van der Waals surface area contributed by atoms with Crippen molar-refractivity contribution in [2.45, 2.75) is 74.9 Å². The Balaban J connectivity index is 1.68. The predicted octanol–water partition coefficient (Wildman–Crippen LogP) is 3.05. The molecule has 1 N–H and O–H groups in total. The number of thioether (sulfide) groups is 1. The van der Waals surface area contributed by atoms with E-state index in [1.54, 1.807) is 11.3 Å². The van der Waals surface area contributed by atoms with E-state index in [4.69, 9.17) is 4.98 Å². The van der Waals surface area contributed by atoms with Gasteiger partial charge < -0.3 is 10.2 Å². The van der Waals surface area contributed by atoms with Crippen LogP contribution in [0.15, 0.2) is 9.95 Å². The van der Waals surface area contributed by atoms with E-state index >= 15 is 0 Å². The van der Waals surface area contributed by atoms with Crippen molar-refractivity contribution in [1.82, 2.24) is 19.8 Å². The number of amides is 1. The summed E-state index contributed by atoms with van der Waals surface area (Å²) in [5.41, 5.74) is 1.30. The molecule has 158 valence electrons. The van der Waals surface area contributed by atoms with E-state index in [0.717, 1.165) is 55.3 Å². The van der Waals surface area contributed by atoms with Crippen molar-refractivity contribution in [3.8, 4) is 0 Å². The quantitative estimate of drug-likeness (QED) is 0.511. The van der Waals surface area contributed by atoms with E-state index < -0.39 is 0 Å². The second kappa shape index (κ2) is 8.78. The maximum atomic E-state index is 13.5. The van der Waals surface area contributed by atoms with Gasteiger partial charge in [-0.25, -0.2) is 4.98 Å². The maximum Gasteiger partial charge on any atom is 0.263 e. The third kappa shape index (κ3) is 4.70. The molecule has 2 aromatic rings. The molecule has 29 heavy (non-hydrogen) atoms. The number of fused-ring (bicyclic) bond motifs is 3. The average molecular weight is 435 g/mol. The van der Waals surface area contributed by atoms with Gasteiger partial charge in [-0.2, -0.15) is 0 Å². The van der Waals surface area contributed by atoms with Crippen molar-refractivity contribution in [2.24, 2.45) is 0 Å². The fourth-order valence-corrected chi connectivity index (χ4v) is 6.06. The van der Waals surface area contributed by atoms with Crippen LogP contribution in [0.1, 0.15) is 49.5 Å². The first-order valence-electron chi connectivity index (χ1n) is 10.6.